The molecule has 0 bridgehead atoms. The predicted octanol–water partition coefficient (Wildman–Crippen LogP) is 2.50. The number of anilines is 1. The van der Waals surface area contributed by atoms with Crippen LogP contribution in [-0.2, 0) is 0 Å². The molecule has 0 aliphatic heterocycles. The minimum Gasteiger partial charge on any atom is -0.452 e. The average molecular weight is 275 g/mol. The molecule has 0 atom stereocenters. The average Bonchev–Trinajstić information content (AvgIpc) is 2.83. The molecule has 0 aliphatic carbocycles. The van der Waals surface area contributed by atoms with Gasteiger partial charge in [0, 0.05) is 11.3 Å². The van der Waals surface area contributed by atoms with Crippen LogP contribution >= 0.6 is 11.6 Å². The lowest BCUT2D eigenvalue weighted by molar-refractivity contribution is 0.102. The summed E-state index contributed by atoms with van der Waals surface area (Å²) in [4.78, 5) is 11.9. The van der Waals surface area contributed by atoms with E-state index in [2.05, 4.69) is 17.2 Å². The van der Waals surface area contributed by atoms with E-state index >= 15 is 0 Å². The number of carbonyl (C=O) groups excluding carboxylic acids is 1. The molecule has 19 heavy (non-hydrogen) atoms. The van der Waals surface area contributed by atoms with Crippen LogP contribution in [-0.4, -0.2) is 12.5 Å². The minimum atomic E-state index is -0.331. The molecule has 1 aromatic carbocycles. The number of furan rings is 1. The van der Waals surface area contributed by atoms with Crippen molar-refractivity contribution in [1.29, 1.82) is 0 Å². The van der Waals surface area contributed by atoms with Crippen molar-refractivity contribution < 1.29 is 9.21 Å². The monoisotopic (exact) mass is 274 g/mol. The summed E-state index contributed by atoms with van der Waals surface area (Å²) in [6, 6.07) is 8.67. The molecule has 1 aromatic heterocycles. The van der Waals surface area contributed by atoms with E-state index in [1.54, 1.807) is 18.2 Å². The molecule has 0 unspecified atom stereocenters. The lowest BCUT2D eigenvalue weighted by atomic mass is 10.2. The molecule has 2 aromatic rings. The molecule has 0 fully saturated rings. The molecule has 5 heteroatoms. The summed E-state index contributed by atoms with van der Waals surface area (Å²) in [6.45, 7) is 0.293. The van der Waals surface area contributed by atoms with E-state index in [4.69, 9.17) is 21.8 Å². The minimum absolute atomic E-state index is 0.0663. The summed E-state index contributed by atoms with van der Waals surface area (Å²) in [6.07, 6.45) is 1.36. The fraction of sp³-hybridized carbons (Fsp3) is 0.0714. The highest BCUT2D eigenvalue weighted by atomic mass is 35.5. The molecular weight excluding hydrogens is 264 g/mol. The van der Waals surface area contributed by atoms with Gasteiger partial charge >= 0.3 is 0 Å². The Morgan fingerprint density at radius 1 is 1.42 bits per heavy atom. The standard InChI is InChI=1S/C14H11ClN2O2/c15-13-12(6-8-19-13)14(18)17-11-5-1-3-10(9-11)4-2-7-16/h1,3,5-6,8-9H,7,16H2,(H,17,18). The molecule has 0 aliphatic rings. The van der Waals surface area contributed by atoms with E-state index in [0.717, 1.165) is 5.56 Å². The summed E-state index contributed by atoms with van der Waals surface area (Å²) < 4.78 is 4.87. The highest BCUT2D eigenvalue weighted by molar-refractivity contribution is 6.32. The molecule has 4 nitrogen and oxygen atoms in total. The van der Waals surface area contributed by atoms with E-state index in [0.29, 0.717) is 17.8 Å². The fourth-order valence-corrected chi connectivity index (χ4v) is 1.68. The van der Waals surface area contributed by atoms with E-state index < -0.39 is 0 Å². The zero-order chi connectivity index (χ0) is 13.7. The molecular formula is C14H11ClN2O2. The third-order valence-corrected chi connectivity index (χ3v) is 2.61. The highest BCUT2D eigenvalue weighted by Crippen LogP contribution is 2.18. The van der Waals surface area contributed by atoms with Crippen LogP contribution in [0.2, 0.25) is 5.22 Å². The number of halogens is 1. The van der Waals surface area contributed by atoms with Crippen molar-refractivity contribution in [3.63, 3.8) is 0 Å². The van der Waals surface area contributed by atoms with Crippen LogP contribution in [0.15, 0.2) is 41.0 Å². The van der Waals surface area contributed by atoms with Gasteiger partial charge in [-0.15, -0.1) is 0 Å². The predicted molar refractivity (Wildman–Crippen MR) is 74.0 cm³/mol. The van der Waals surface area contributed by atoms with Crippen molar-refractivity contribution in [1.82, 2.24) is 0 Å². The number of nitrogens with one attached hydrogen (secondary N) is 1. The molecule has 0 saturated carbocycles. The zero-order valence-corrected chi connectivity index (χ0v) is 10.7. The number of carbonyl (C=O) groups is 1. The van der Waals surface area contributed by atoms with Gasteiger partial charge in [-0.3, -0.25) is 4.79 Å². The number of hydrogen-bond donors (Lipinski definition) is 2. The molecule has 0 saturated heterocycles. The SMILES string of the molecule is NCC#Cc1cccc(NC(=O)c2ccoc2Cl)c1. The third-order valence-electron chi connectivity index (χ3n) is 2.32. The molecule has 1 heterocycles. The topological polar surface area (TPSA) is 68.3 Å². The Bertz CT molecular complexity index is 653. The number of amides is 1. The Balaban J connectivity index is 2.15. The number of rotatable bonds is 2. The van der Waals surface area contributed by atoms with E-state index in [1.807, 2.05) is 6.07 Å². The van der Waals surface area contributed by atoms with Crippen LogP contribution in [0.3, 0.4) is 0 Å². The van der Waals surface area contributed by atoms with Crippen LogP contribution in [0.5, 0.6) is 0 Å². The first-order chi connectivity index (χ1) is 9.20. The second-order valence-electron chi connectivity index (χ2n) is 3.65. The van der Waals surface area contributed by atoms with E-state index in [-0.39, 0.29) is 11.1 Å². The van der Waals surface area contributed by atoms with Gasteiger partial charge < -0.3 is 15.5 Å². The highest BCUT2D eigenvalue weighted by Gasteiger charge is 2.12. The van der Waals surface area contributed by atoms with Gasteiger partial charge in [-0.05, 0) is 35.9 Å². The van der Waals surface area contributed by atoms with Crippen LogP contribution < -0.4 is 11.1 Å². The van der Waals surface area contributed by atoms with Crippen molar-refractivity contribution in [3.8, 4) is 11.8 Å². The van der Waals surface area contributed by atoms with Crippen molar-refractivity contribution in [2.45, 2.75) is 0 Å². The Hall–Kier alpha value is -2.22. The van der Waals surface area contributed by atoms with Crippen molar-refractivity contribution in [2.75, 3.05) is 11.9 Å². The van der Waals surface area contributed by atoms with Crippen LogP contribution in [0.25, 0.3) is 0 Å². The quantitative estimate of drug-likeness (QED) is 0.827. The van der Waals surface area contributed by atoms with Gasteiger partial charge in [-0.1, -0.05) is 17.9 Å². The van der Waals surface area contributed by atoms with Crippen molar-refractivity contribution >= 4 is 23.2 Å². The Kier molecular flexibility index (Phi) is 4.24. The van der Waals surface area contributed by atoms with Gasteiger partial charge in [0.1, 0.15) is 0 Å². The summed E-state index contributed by atoms with van der Waals surface area (Å²) in [5, 5.41) is 2.79. The molecule has 0 radical (unpaired) electrons. The lowest BCUT2D eigenvalue weighted by Gasteiger charge is -2.04. The number of nitrogens with two attached hydrogens (primary N) is 1. The maximum atomic E-state index is 11.9. The van der Waals surface area contributed by atoms with Gasteiger partial charge in [0.2, 0.25) is 5.22 Å². The summed E-state index contributed by atoms with van der Waals surface area (Å²) in [7, 11) is 0. The van der Waals surface area contributed by atoms with Gasteiger partial charge in [0.15, 0.2) is 0 Å². The van der Waals surface area contributed by atoms with E-state index in [1.165, 1.54) is 12.3 Å². The zero-order valence-electron chi connectivity index (χ0n) is 9.94. The second-order valence-corrected chi connectivity index (χ2v) is 3.99. The molecule has 96 valence electrons. The van der Waals surface area contributed by atoms with Gasteiger partial charge in [0.25, 0.3) is 5.91 Å². The van der Waals surface area contributed by atoms with Crippen LogP contribution in [0.4, 0.5) is 5.69 Å². The number of benzene rings is 1. The fourth-order valence-electron chi connectivity index (χ4n) is 1.48. The smallest absolute Gasteiger partial charge is 0.260 e. The third kappa shape index (κ3) is 3.38. The van der Waals surface area contributed by atoms with E-state index in [9.17, 15) is 4.79 Å². The molecule has 1 amide bonds. The molecule has 2 rings (SSSR count). The number of hydrogen-bond acceptors (Lipinski definition) is 3. The summed E-state index contributed by atoms with van der Waals surface area (Å²) in [5.74, 6) is 5.31. The Labute approximate surface area is 115 Å². The second kappa shape index (κ2) is 6.10. The summed E-state index contributed by atoms with van der Waals surface area (Å²) >= 11 is 5.74. The molecule has 3 N–H and O–H groups in total. The first-order valence-electron chi connectivity index (χ1n) is 5.54. The normalized spacial score (nSPS) is 9.58. The van der Waals surface area contributed by atoms with Gasteiger partial charge in [-0.2, -0.15) is 0 Å². The largest absolute Gasteiger partial charge is 0.452 e. The molecule has 0 spiro atoms. The maximum Gasteiger partial charge on any atom is 0.260 e. The Morgan fingerprint density at radius 2 is 2.26 bits per heavy atom. The van der Waals surface area contributed by atoms with Gasteiger partial charge in [-0.25, -0.2) is 0 Å². The summed E-state index contributed by atoms with van der Waals surface area (Å²) in [5.41, 5.74) is 7.01. The van der Waals surface area contributed by atoms with Crippen molar-refractivity contribution in [3.05, 3.63) is 52.9 Å². The van der Waals surface area contributed by atoms with Crippen LogP contribution in [0.1, 0.15) is 15.9 Å². The Morgan fingerprint density at radius 3 is 2.95 bits per heavy atom. The van der Waals surface area contributed by atoms with Gasteiger partial charge in [0.05, 0.1) is 18.4 Å². The first kappa shape index (κ1) is 13.2. The lowest BCUT2D eigenvalue weighted by Crippen LogP contribution is -2.11. The first-order valence-corrected chi connectivity index (χ1v) is 5.92. The van der Waals surface area contributed by atoms with Crippen LogP contribution in [0, 0.1) is 11.8 Å². The maximum absolute atomic E-state index is 11.9. The van der Waals surface area contributed by atoms with Crippen molar-refractivity contribution in [2.24, 2.45) is 5.73 Å².